The fourth-order valence-electron chi connectivity index (χ4n) is 1.63. The van der Waals surface area contributed by atoms with Crippen molar-refractivity contribution in [3.63, 3.8) is 0 Å². The number of likely N-dealkylation sites (N-methyl/N-ethyl adjacent to an activating group) is 1. The van der Waals surface area contributed by atoms with Gasteiger partial charge in [0.25, 0.3) is 0 Å². The van der Waals surface area contributed by atoms with E-state index < -0.39 is 0 Å². The SMILES string of the molecule is CCN(CC#N)CC1CCCN1. The van der Waals surface area contributed by atoms with Gasteiger partial charge in [-0.2, -0.15) is 5.26 Å². The van der Waals surface area contributed by atoms with Crippen LogP contribution in [0.1, 0.15) is 19.8 Å². The lowest BCUT2D eigenvalue weighted by Gasteiger charge is -2.20. The van der Waals surface area contributed by atoms with Crippen LogP contribution in [0, 0.1) is 11.3 Å². The molecule has 0 amide bonds. The molecule has 0 spiro atoms. The Bertz CT molecular complexity index is 156. The number of nitriles is 1. The quantitative estimate of drug-likeness (QED) is 0.623. The average molecular weight is 167 g/mol. The monoisotopic (exact) mass is 167 g/mol. The maximum atomic E-state index is 8.53. The normalized spacial score (nSPS) is 22.9. The second-order valence-electron chi connectivity index (χ2n) is 3.28. The van der Waals surface area contributed by atoms with E-state index in [-0.39, 0.29) is 0 Å². The number of hydrogen-bond donors (Lipinski definition) is 1. The lowest BCUT2D eigenvalue weighted by molar-refractivity contribution is 0.290. The van der Waals surface area contributed by atoms with Crippen LogP contribution < -0.4 is 5.32 Å². The molecule has 1 unspecified atom stereocenters. The van der Waals surface area contributed by atoms with Crippen LogP contribution in [0.25, 0.3) is 0 Å². The zero-order valence-corrected chi connectivity index (χ0v) is 7.71. The van der Waals surface area contributed by atoms with Gasteiger partial charge in [0, 0.05) is 12.6 Å². The van der Waals surface area contributed by atoms with Gasteiger partial charge in [-0.05, 0) is 25.9 Å². The van der Waals surface area contributed by atoms with Crippen LogP contribution in [0.4, 0.5) is 0 Å². The number of nitrogens with one attached hydrogen (secondary N) is 1. The fraction of sp³-hybridized carbons (Fsp3) is 0.889. The Hall–Kier alpha value is -0.590. The van der Waals surface area contributed by atoms with E-state index in [1.165, 1.54) is 12.8 Å². The smallest absolute Gasteiger partial charge is 0.0866 e. The van der Waals surface area contributed by atoms with E-state index in [0.717, 1.165) is 19.6 Å². The molecular weight excluding hydrogens is 150 g/mol. The van der Waals surface area contributed by atoms with E-state index >= 15 is 0 Å². The van der Waals surface area contributed by atoms with Crippen molar-refractivity contribution < 1.29 is 0 Å². The van der Waals surface area contributed by atoms with Crippen LogP contribution in [-0.2, 0) is 0 Å². The molecule has 1 N–H and O–H groups in total. The fourth-order valence-corrected chi connectivity index (χ4v) is 1.63. The van der Waals surface area contributed by atoms with Crippen molar-refractivity contribution in [2.45, 2.75) is 25.8 Å². The van der Waals surface area contributed by atoms with Gasteiger partial charge >= 0.3 is 0 Å². The topological polar surface area (TPSA) is 39.1 Å². The molecule has 0 bridgehead atoms. The number of nitrogens with zero attached hydrogens (tertiary/aromatic N) is 2. The van der Waals surface area contributed by atoms with E-state index in [1.54, 1.807) is 0 Å². The Kier molecular flexibility index (Phi) is 4.06. The molecule has 0 saturated carbocycles. The highest BCUT2D eigenvalue weighted by Crippen LogP contribution is 2.06. The van der Waals surface area contributed by atoms with Crippen LogP contribution in [0.3, 0.4) is 0 Å². The van der Waals surface area contributed by atoms with Gasteiger partial charge in [0.1, 0.15) is 0 Å². The van der Waals surface area contributed by atoms with Gasteiger partial charge < -0.3 is 5.32 Å². The van der Waals surface area contributed by atoms with Crippen LogP contribution in [0.15, 0.2) is 0 Å². The first kappa shape index (κ1) is 9.50. The molecule has 3 nitrogen and oxygen atoms in total. The summed E-state index contributed by atoms with van der Waals surface area (Å²) in [6.07, 6.45) is 2.55. The van der Waals surface area contributed by atoms with Gasteiger partial charge in [-0.25, -0.2) is 0 Å². The molecule has 1 heterocycles. The Morgan fingerprint density at radius 1 is 1.67 bits per heavy atom. The predicted octanol–water partition coefficient (Wildman–Crippen LogP) is 0.584. The highest BCUT2D eigenvalue weighted by molar-refractivity contribution is 4.82. The molecule has 1 atom stereocenters. The number of hydrogen-bond acceptors (Lipinski definition) is 3. The van der Waals surface area contributed by atoms with Crippen LogP contribution in [-0.4, -0.2) is 37.1 Å². The minimum atomic E-state index is 0.564. The van der Waals surface area contributed by atoms with E-state index in [4.69, 9.17) is 5.26 Å². The minimum Gasteiger partial charge on any atom is -0.313 e. The largest absolute Gasteiger partial charge is 0.313 e. The third kappa shape index (κ3) is 2.80. The summed E-state index contributed by atoms with van der Waals surface area (Å²) in [6, 6.07) is 2.81. The lowest BCUT2D eigenvalue weighted by Crippen LogP contribution is -2.37. The van der Waals surface area contributed by atoms with Gasteiger partial charge in [0.2, 0.25) is 0 Å². The van der Waals surface area contributed by atoms with Gasteiger partial charge in [-0.1, -0.05) is 6.92 Å². The Balaban J connectivity index is 2.21. The summed E-state index contributed by atoms with van der Waals surface area (Å²) in [5, 5.41) is 12.0. The van der Waals surface area contributed by atoms with Gasteiger partial charge in [-0.15, -0.1) is 0 Å². The van der Waals surface area contributed by atoms with Crippen LogP contribution in [0.5, 0.6) is 0 Å². The van der Waals surface area contributed by atoms with Crippen molar-refractivity contribution >= 4 is 0 Å². The molecule has 3 heteroatoms. The summed E-state index contributed by atoms with van der Waals surface area (Å²) in [4.78, 5) is 2.18. The third-order valence-electron chi connectivity index (χ3n) is 2.38. The Morgan fingerprint density at radius 3 is 3.00 bits per heavy atom. The van der Waals surface area contributed by atoms with Crippen molar-refractivity contribution in [3.05, 3.63) is 0 Å². The van der Waals surface area contributed by atoms with Gasteiger partial charge in [-0.3, -0.25) is 4.90 Å². The molecule has 68 valence electrons. The lowest BCUT2D eigenvalue weighted by atomic mass is 10.2. The molecule has 1 rings (SSSR count). The van der Waals surface area contributed by atoms with E-state index in [9.17, 15) is 0 Å². The van der Waals surface area contributed by atoms with Crippen molar-refractivity contribution in [1.82, 2.24) is 10.2 Å². The average Bonchev–Trinajstić information content (AvgIpc) is 2.56. The van der Waals surface area contributed by atoms with E-state index in [0.29, 0.717) is 12.6 Å². The molecule has 12 heavy (non-hydrogen) atoms. The van der Waals surface area contributed by atoms with Crippen LogP contribution >= 0.6 is 0 Å². The first-order valence-corrected chi connectivity index (χ1v) is 4.69. The Labute approximate surface area is 74.4 Å². The summed E-state index contributed by atoms with van der Waals surface area (Å²) < 4.78 is 0. The van der Waals surface area contributed by atoms with Crippen molar-refractivity contribution in [2.24, 2.45) is 0 Å². The molecule has 1 aliphatic rings. The summed E-state index contributed by atoms with van der Waals surface area (Å²) in [5.41, 5.74) is 0. The second kappa shape index (κ2) is 5.13. The molecular formula is C9H17N3. The second-order valence-corrected chi connectivity index (χ2v) is 3.28. The Morgan fingerprint density at radius 2 is 2.50 bits per heavy atom. The molecule has 1 aliphatic heterocycles. The summed E-state index contributed by atoms with van der Waals surface area (Å²) in [6.45, 7) is 5.82. The van der Waals surface area contributed by atoms with Gasteiger partial charge in [0.05, 0.1) is 12.6 Å². The molecule has 0 aromatic carbocycles. The summed E-state index contributed by atoms with van der Waals surface area (Å²) in [5.74, 6) is 0. The summed E-state index contributed by atoms with van der Waals surface area (Å²) in [7, 11) is 0. The first-order valence-electron chi connectivity index (χ1n) is 4.69. The predicted molar refractivity (Wildman–Crippen MR) is 48.8 cm³/mol. The minimum absolute atomic E-state index is 0.564. The summed E-state index contributed by atoms with van der Waals surface area (Å²) >= 11 is 0. The van der Waals surface area contributed by atoms with Crippen molar-refractivity contribution in [2.75, 3.05) is 26.2 Å². The maximum Gasteiger partial charge on any atom is 0.0866 e. The highest BCUT2D eigenvalue weighted by Gasteiger charge is 2.16. The van der Waals surface area contributed by atoms with Gasteiger partial charge in [0.15, 0.2) is 0 Å². The molecule has 1 saturated heterocycles. The van der Waals surface area contributed by atoms with E-state index in [2.05, 4.69) is 23.2 Å². The molecule has 1 fully saturated rings. The molecule has 0 aromatic heterocycles. The van der Waals surface area contributed by atoms with E-state index in [1.807, 2.05) is 0 Å². The van der Waals surface area contributed by atoms with Crippen molar-refractivity contribution in [1.29, 1.82) is 5.26 Å². The molecule has 0 radical (unpaired) electrons. The third-order valence-corrected chi connectivity index (χ3v) is 2.38. The standard InChI is InChI=1S/C9H17N3/c1-2-12(7-5-10)8-9-4-3-6-11-9/h9,11H,2-4,6-8H2,1H3. The number of rotatable bonds is 4. The zero-order valence-electron chi connectivity index (χ0n) is 7.71. The zero-order chi connectivity index (χ0) is 8.81. The maximum absolute atomic E-state index is 8.53. The highest BCUT2D eigenvalue weighted by atomic mass is 15.1. The van der Waals surface area contributed by atoms with Crippen LogP contribution in [0.2, 0.25) is 0 Å². The molecule has 0 aromatic rings. The first-order chi connectivity index (χ1) is 5.86. The van der Waals surface area contributed by atoms with Crippen molar-refractivity contribution in [3.8, 4) is 6.07 Å². The molecule has 0 aliphatic carbocycles.